The second-order valence-corrected chi connectivity index (χ2v) is 5.15. The van der Waals surface area contributed by atoms with Gasteiger partial charge >= 0.3 is 12.1 Å². The maximum absolute atomic E-state index is 11.8. The lowest BCUT2D eigenvalue weighted by molar-refractivity contribution is 0.0698. The summed E-state index contributed by atoms with van der Waals surface area (Å²) in [6, 6.07) is 11.6. The molecule has 2 rings (SSSR count). The summed E-state index contributed by atoms with van der Waals surface area (Å²) in [6.45, 7) is 0.0589. The summed E-state index contributed by atoms with van der Waals surface area (Å²) >= 11 is 11.6. The number of benzene rings is 2. The fourth-order valence-electron chi connectivity index (χ4n) is 1.76. The van der Waals surface area contributed by atoms with Crippen LogP contribution in [0.25, 0.3) is 0 Å². The first-order valence-corrected chi connectivity index (χ1v) is 6.93. The normalized spacial score (nSPS) is 10.1. The average molecular weight is 340 g/mol. The van der Waals surface area contributed by atoms with Crippen molar-refractivity contribution in [2.45, 2.75) is 6.61 Å². The zero-order valence-electron chi connectivity index (χ0n) is 11.2. The van der Waals surface area contributed by atoms with Crippen LogP contribution in [0.3, 0.4) is 0 Å². The van der Waals surface area contributed by atoms with Gasteiger partial charge in [0.1, 0.15) is 12.2 Å². The first-order chi connectivity index (χ1) is 10.5. The molecular formula is C15H11Cl2NO4. The van der Waals surface area contributed by atoms with Crippen molar-refractivity contribution in [3.05, 3.63) is 63.6 Å². The van der Waals surface area contributed by atoms with Gasteiger partial charge in [0.2, 0.25) is 0 Å². The van der Waals surface area contributed by atoms with Gasteiger partial charge in [-0.25, -0.2) is 9.59 Å². The number of carbonyl (C=O) groups is 2. The average Bonchev–Trinajstić information content (AvgIpc) is 2.45. The number of aromatic carboxylic acids is 1. The highest BCUT2D eigenvalue weighted by Gasteiger charge is 2.18. The summed E-state index contributed by atoms with van der Waals surface area (Å²) in [6.07, 6.45) is -0.801. The fraction of sp³-hybridized carbons (Fsp3) is 0.0667. The van der Waals surface area contributed by atoms with Crippen LogP contribution in [0.2, 0.25) is 10.0 Å². The van der Waals surface area contributed by atoms with Gasteiger partial charge in [-0.05, 0) is 17.7 Å². The molecule has 0 aliphatic heterocycles. The van der Waals surface area contributed by atoms with Crippen LogP contribution < -0.4 is 5.32 Å². The molecule has 0 aromatic heterocycles. The van der Waals surface area contributed by atoms with Gasteiger partial charge in [-0.2, -0.15) is 0 Å². The van der Waals surface area contributed by atoms with Crippen LogP contribution in [0.1, 0.15) is 15.9 Å². The summed E-state index contributed by atoms with van der Waals surface area (Å²) < 4.78 is 5.02. The SMILES string of the molecule is O=C(Nc1cc(Cl)cc(Cl)c1C(=O)O)OCc1ccccc1. The molecule has 7 heteroatoms. The van der Waals surface area contributed by atoms with Crippen LogP contribution in [-0.2, 0) is 11.3 Å². The lowest BCUT2D eigenvalue weighted by Crippen LogP contribution is -2.16. The molecule has 0 radical (unpaired) electrons. The van der Waals surface area contributed by atoms with Crippen molar-refractivity contribution in [3.8, 4) is 0 Å². The van der Waals surface area contributed by atoms with E-state index in [0.29, 0.717) is 0 Å². The molecule has 0 bridgehead atoms. The third kappa shape index (κ3) is 4.13. The van der Waals surface area contributed by atoms with E-state index in [-0.39, 0.29) is 27.9 Å². The highest BCUT2D eigenvalue weighted by molar-refractivity contribution is 6.37. The smallest absolute Gasteiger partial charge is 0.411 e. The van der Waals surface area contributed by atoms with E-state index in [9.17, 15) is 9.59 Å². The molecule has 0 aliphatic rings. The van der Waals surface area contributed by atoms with E-state index in [0.717, 1.165) is 5.56 Å². The Labute approximate surface area is 136 Å². The van der Waals surface area contributed by atoms with E-state index >= 15 is 0 Å². The maximum atomic E-state index is 11.8. The van der Waals surface area contributed by atoms with Gasteiger partial charge in [0.25, 0.3) is 0 Å². The van der Waals surface area contributed by atoms with E-state index in [1.54, 1.807) is 12.1 Å². The zero-order chi connectivity index (χ0) is 16.1. The summed E-state index contributed by atoms with van der Waals surface area (Å²) in [4.78, 5) is 23.0. The number of amides is 1. The standard InChI is InChI=1S/C15H11Cl2NO4/c16-10-6-11(17)13(14(19)20)12(7-10)18-15(21)22-8-9-4-2-1-3-5-9/h1-7H,8H2,(H,18,21)(H,19,20). The number of hydrogen-bond acceptors (Lipinski definition) is 3. The topological polar surface area (TPSA) is 75.6 Å². The molecule has 2 N–H and O–H groups in total. The number of halogens is 2. The molecular weight excluding hydrogens is 329 g/mol. The number of carboxylic acid groups (broad SMARTS) is 1. The Morgan fingerprint density at radius 3 is 2.45 bits per heavy atom. The van der Waals surface area contributed by atoms with Crippen LogP contribution in [0.4, 0.5) is 10.5 Å². The molecule has 2 aromatic carbocycles. The Morgan fingerprint density at radius 2 is 1.82 bits per heavy atom. The molecule has 22 heavy (non-hydrogen) atoms. The summed E-state index contributed by atoms with van der Waals surface area (Å²) in [5.74, 6) is -1.28. The van der Waals surface area contributed by atoms with Crippen molar-refractivity contribution in [2.24, 2.45) is 0 Å². The maximum Gasteiger partial charge on any atom is 0.411 e. The molecule has 0 heterocycles. The number of carbonyl (C=O) groups excluding carboxylic acids is 1. The summed E-state index contributed by atoms with van der Waals surface area (Å²) in [5.41, 5.74) is 0.533. The fourth-order valence-corrected chi connectivity index (χ4v) is 2.33. The molecule has 0 unspecified atom stereocenters. The molecule has 0 saturated carbocycles. The number of hydrogen-bond donors (Lipinski definition) is 2. The number of anilines is 1. The lowest BCUT2D eigenvalue weighted by Gasteiger charge is -2.11. The number of carboxylic acids is 1. The summed E-state index contributed by atoms with van der Waals surface area (Å²) in [7, 11) is 0. The van der Waals surface area contributed by atoms with Crippen molar-refractivity contribution < 1.29 is 19.4 Å². The molecule has 0 aliphatic carbocycles. The van der Waals surface area contributed by atoms with E-state index in [2.05, 4.69) is 5.32 Å². The minimum absolute atomic E-state index is 0.0249. The number of nitrogens with one attached hydrogen (secondary N) is 1. The highest BCUT2D eigenvalue weighted by Crippen LogP contribution is 2.29. The first-order valence-electron chi connectivity index (χ1n) is 6.17. The van der Waals surface area contributed by atoms with Crippen molar-refractivity contribution in [1.82, 2.24) is 0 Å². The van der Waals surface area contributed by atoms with Crippen LogP contribution in [0.5, 0.6) is 0 Å². The number of rotatable bonds is 4. The van der Waals surface area contributed by atoms with Gasteiger partial charge in [-0.3, -0.25) is 5.32 Å². The van der Waals surface area contributed by atoms with Gasteiger partial charge in [0.05, 0.1) is 10.7 Å². The van der Waals surface area contributed by atoms with Gasteiger partial charge in [-0.1, -0.05) is 53.5 Å². The van der Waals surface area contributed by atoms with E-state index in [1.807, 2.05) is 18.2 Å². The Kier molecular flexibility index (Phi) is 5.25. The van der Waals surface area contributed by atoms with E-state index in [4.69, 9.17) is 33.0 Å². The Hall–Kier alpha value is -2.24. The second kappa shape index (κ2) is 7.15. The van der Waals surface area contributed by atoms with Gasteiger partial charge in [0, 0.05) is 5.02 Å². The van der Waals surface area contributed by atoms with E-state index < -0.39 is 12.1 Å². The van der Waals surface area contributed by atoms with Gasteiger partial charge < -0.3 is 9.84 Å². The zero-order valence-corrected chi connectivity index (χ0v) is 12.7. The molecule has 2 aromatic rings. The quantitative estimate of drug-likeness (QED) is 0.863. The van der Waals surface area contributed by atoms with Crippen molar-refractivity contribution >= 4 is 41.0 Å². The van der Waals surface area contributed by atoms with Crippen molar-refractivity contribution in [1.29, 1.82) is 0 Å². The molecule has 0 saturated heterocycles. The largest absolute Gasteiger partial charge is 0.478 e. The molecule has 114 valence electrons. The van der Waals surface area contributed by atoms with Crippen molar-refractivity contribution in [3.63, 3.8) is 0 Å². The summed E-state index contributed by atoms with van der Waals surface area (Å²) in [5, 5.41) is 11.6. The van der Waals surface area contributed by atoms with E-state index in [1.165, 1.54) is 12.1 Å². The Bertz CT molecular complexity index is 704. The Balaban J connectivity index is 2.10. The number of ether oxygens (including phenoxy) is 1. The molecule has 1 amide bonds. The monoisotopic (exact) mass is 339 g/mol. The molecule has 0 spiro atoms. The second-order valence-electron chi connectivity index (χ2n) is 4.30. The minimum atomic E-state index is -1.28. The minimum Gasteiger partial charge on any atom is -0.478 e. The third-order valence-electron chi connectivity index (χ3n) is 2.72. The predicted octanol–water partition coefficient (Wildman–Crippen LogP) is 4.44. The Morgan fingerprint density at radius 1 is 1.14 bits per heavy atom. The van der Waals surface area contributed by atoms with Crippen LogP contribution >= 0.6 is 23.2 Å². The van der Waals surface area contributed by atoms with Crippen LogP contribution in [-0.4, -0.2) is 17.2 Å². The van der Waals surface area contributed by atoms with Crippen molar-refractivity contribution in [2.75, 3.05) is 5.32 Å². The molecule has 0 atom stereocenters. The van der Waals surface area contributed by atoms with Gasteiger partial charge in [0.15, 0.2) is 0 Å². The third-order valence-corrected chi connectivity index (χ3v) is 3.23. The van der Waals surface area contributed by atoms with Gasteiger partial charge in [-0.15, -0.1) is 0 Å². The first kappa shape index (κ1) is 16.1. The molecule has 5 nitrogen and oxygen atoms in total. The lowest BCUT2D eigenvalue weighted by atomic mass is 10.2. The molecule has 0 fully saturated rings. The predicted molar refractivity (Wildman–Crippen MR) is 83.7 cm³/mol. The van der Waals surface area contributed by atoms with Crippen LogP contribution in [0, 0.1) is 0 Å². The van der Waals surface area contributed by atoms with Crippen LogP contribution in [0.15, 0.2) is 42.5 Å². The highest BCUT2D eigenvalue weighted by atomic mass is 35.5.